The van der Waals surface area contributed by atoms with E-state index in [0.29, 0.717) is 5.56 Å². The molecule has 0 bridgehead atoms. The maximum atomic E-state index is 12.3. The molecule has 0 saturated carbocycles. The van der Waals surface area contributed by atoms with Crippen LogP contribution in [-0.2, 0) is 17.1 Å². The van der Waals surface area contributed by atoms with Gasteiger partial charge in [-0.15, -0.1) is 0 Å². The molecule has 21 heavy (non-hydrogen) atoms. The minimum Gasteiger partial charge on any atom is -0.320 e. The Labute approximate surface area is 128 Å². The van der Waals surface area contributed by atoms with Crippen molar-refractivity contribution in [2.75, 3.05) is 11.3 Å². The van der Waals surface area contributed by atoms with Crippen molar-refractivity contribution in [3.05, 3.63) is 41.0 Å². The average molecular weight is 325 g/mol. The Balaban J connectivity index is 2.37. The Morgan fingerprint density at radius 3 is 2.81 bits per heavy atom. The van der Waals surface area contributed by atoms with E-state index >= 15 is 0 Å². The van der Waals surface area contributed by atoms with E-state index in [0.717, 1.165) is 0 Å². The monoisotopic (exact) mass is 324 g/mol. The third-order valence-corrected chi connectivity index (χ3v) is 4.37. The minimum atomic E-state index is -3.77. The average Bonchev–Trinajstić information content (AvgIpc) is 2.86. The number of nitrogens with zero attached hydrogens (tertiary/aromatic N) is 2. The van der Waals surface area contributed by atoms with Crippen molar-refractivity contribution in [1.82, 2.24) is 9.78 Å². The standard InChI is InChI=1S/C13H13ClN4O2S/c1-18-13(6-8-16-18)21(19,20)17-12-9-10(3-2-7-15)4-5-11(12)14/h4-6,8-9,17H,7,15H2,1H3. The summed E-state index contributed by atoms with van der Waals surface area (Å²) in [5, 5.41) is 4.15. The molecule has 0 radical (unpaired) electrons. The van der Waals surface area contributed by atoms with Crippen molar-refractivity contribution in [3.8, 4) is 11.8 Å². The fourth-order valence-electron chi connectivity index (χ4n) is 1.66. The SMILES string of the molecule is Cn1nccc1S(=O)(=O)Nc1cc(C#CCN)ccc1Cl. The maximum Gasteiger partial charge on any atom is 0.279 e. The lowest BCUT2D eigenvalue weighted by Crippen LogP contribution is -2.17. The number of benzene rings is 1. The molecule has 0 spiro atoms. The van der Waals surface area contributed by atoms with Gasteiger partial charge >= 0.3 is 0 Å². The summed E-state index contributed by atoms with van der Waals surface area (Å²) in [5.41, 5.74) is 6.18. The van der Waals surface area contributed by atoms with E-state index in [1.54, 1.807) is 25.2 Å². The molecule has 110 valence electrons. The molecular formula is C13H13ClN4O2S. The van der Waals surface area contributed by atoms with Crippen LogP contribution in [0.2, 0.25) is 5.02 Å². The van der Waals surface area contributed by atoms with Gasteiger partial charge in [0.15, 0.2) is 5.03 Å². The Bertz CT molecular complexity index is 818. The van der Waals surface area contributed by atoms with Gasteiger partial charge in [0.1, 0.15) is 0 Å². The number of rotatable bonds is 3. The highest BCUT2D eigenvalue weighted by Gasteiger charge is 2.19. The number of anilines is 1. The lowest BCUT2D eigenvalue weighted by molar-refractivity contribution is 0.582. The van der Waals surface area contributed by atoms with E-state index in [2.05, 4.69) is 21.7 Å². The summed E-state index contributed by atoms with van der Waals surface area (Å²) in [6.07, 6.45) is 1.40. The molecule has 8 heteroatoms. The number of aromatic nitrogens is 2. The summed E-state index contributed by atoms with van der Waals surface area (Å²) in [4.78, 5) is 0. The van der Waals surface area contributed by atoms with E-state index < -0.39 is 10.0 Å². The van der Waals surface area contributed by atoms with Gasteiger partial charge in [-0.25, -0.2) is 0 Å². The zero-order valence-corrected chi connectivity index (χ0v) is 12.7. The molecule has 0 aliphatic heterocycles. The first kappa shape index (κ1) is 15.4. The molecule has 1 aromatic heterocycles. The van der Waals surface area contributed by atoms with Crippen molar-refractivity contribution in [3.63, 3.8) is 0 Å². The van der Waals surface area contributed by atoms with E-state index in [9.17, 15) is 8.42 Å². The Kier molecular flexibility index (Phi) is 4.53. The summed E-state index contributed by atoms with van der Waals surface area (Å²) in [6, 6.07) is 6.21. The van der Waals surface area contributed by atoms with Gasteiger partial charge in [-0.2, -0.15) is 13.5 Å². The molecule has 0 unspecified atom stereocenters. The van der Waals surface area contributed by atoms with Gasteiger partial charge < -0.3 is 5.73 Å². The van der Waals surface area contributed by atoms with Gasteiger partial charge in [0.05, 0.1) is 23.5 Å². The van der Waals surface area contributed by atoms with Crippen molar-refractivity contribution in [1.29, 1.82) is 0 Å². The summed E-state index contributed by atoms with van der Waals surface area (Å²) >= 11 is 6.02. The van der Waals surface area contributed by atoms with Crippen molar-refractivity contribution in [2.45, 2.75) is 5.03 Å². The Hall–Kier alpha value is -2.01. The highest BCUT2D eigenvalue weighted by atomic mass is 35.5. The first-order valence-corrected chi connectivity index (χ1v) is 7.79. The highest BCUT2D eigenvalue weighted by molar-refractivity contribution is 7.92. The molecule has 1 aromatic carbocycles. The number of halogens is 1. The van der Waals surface area contributed by atoms with Crippen LogP contribution in [0, 0.1) is 11.8 Å². The highest BCUT2D eigenvalue weighted by Crippen LogP contribution is 2.25. The van der Waals surface area contributed by atoms with Crippen LogP contribution in [0.5, 0.6) is 0 Å². The number of hydrogen-bond acceptors (Lipinski definition) is 4. The Morgan fingerprint density at radius 2 is 2.19 bits per heavy atom. The number of nitrogens with two attached hydrogens (primary N) is 1. The largest absolute Gasteiger partial charge is 0.320 e. The molecule has 0 atom stereocenters. The van der Waals surface area contributed by atoms with Crippen LogP contribution >= 0.6 is 11.6 Å². The number of sulfonamides is 1. The van der Waals surface area contributed by atoms with Gasteiger partial charge in [0.2, 0.25) is 0 Å². The lowest BCUT2D eigenvalue weighted by atomic mass is 10.2. The third kappa shape index (κ3) is 3.55. The summed E-state index contributed by atoms with van der Waals surface area (Å²) in [5.74, 6) is 5.51. The molecule has 0 fully saturated rings. The smallest absolute Gasteiger partial charge is 0.279 e. The normalized spacial score (nSPS) is 10.8. The van der Waals surface area contributed by atoms with Crippen LogP contribution in [0.1, 0.15) is 5.56 Å². The minimum absolute atomic E-state index is 0.0389. The van der Waals surface area contributed by atoms with Crippen LogP contribution in [0.25, 0.3) is 0 Å². The maximum absolute atomic E-state index is 12.3. The molecule has 0 aliphatic rings. The molecule has 2 aromatic rings. The molecule has 2 rings (SSSR count). The first-order chi connectivity index (χ1) is 9.94. The van der Waals surface area contributed by atoms with E-state index in [4.69, 9.17) is 17.3 Å². The zero-order chi connectivity index (χ0) is 15.5. The van der Waals surface area contributed by atoms with Crippen LogP contribution < -0.4 is 10.5 Å². The fourth-order valence-corrected chi connectivity index (χ4v) is 3.08. The van der Waals surface area contributed by atoms with Gasteiger partial charge in [0, 0.05) is 12.6 Å². The van der Waals surface area contributed by atoms with Crippen molar-refractivity contribution < 1.29 is 8.42 Å². The summed E-state index contributed by atoms with van der Waals surface area (Å²) in [6.45, 7) is 0.221. The zero-order valence-electron chi connectivity index (χ0n) is 11.2. The quantitative estimate of drug-likeness (QED) is 0.830. The van der Waals surface area contributed by atoms with Gasteiger partial charge in [-0.1, -0.05) is 23.4 Å². The van der Waals surface area contributed by atoms with Crippen molar-refractivity contribution >= 4 is 27.3 Å². The van der Waals surface area contributed by atoms with E-state index in [1.165, 1.54) is 16.9 Å². The second kappa shape index (κ2) is 6.18. The predicted molar refractivity (Wildman–Crippen MR) is 81.4 cm³/mol. The van der Waals surface area contributed by atoms with Crippen LogP contribution in [0.15, 0.2) is 35.5 Å². The van der Waals surface area contributed by atoms with Gasteiger partial charge in [-0.05, 0) is 24.3 Å². The Morgan fingerprint density at radius 1 is 1.43 bits per heavy atom. The van der Waals surface area contributed by atoms with Gasteiger partial charge in [0.25, 0.3) is 10.0 Å². The fraction of sp³-hybridized carbons (Fsp3) is 0.154. The number of nitrogens with one attached hydrogen (secondary N) is 1. The molecular weight excluding hydrogens is 312 g/mol. The van der Waals surface area contributed by atoms with E-state index in [-0.39, 0.29) is 22.3 Å². The van der Waals surface area contributed by atoms with Crippen LogP contribution in [0.4, 0.5) is 5.69 Å². The molecule has 3 N–H and O–H groups in total. The topological polar surface area (TPSA) is 90.0 Å². The molecule has 0 amide bonds. The lowest BCUT2D eigenvalue weighted by Gasteiger charge is -2.10. The summed E-state index contributed by atoms with van der Waals surface area (Å²) in [7, 11) is -2.23. The molecule has 6 nitrogen and oxygen atoms in total. The first-order valence-electron chi connectivity index (χ1n) is 5.93. The molecule has 1 heterocycles. The van der Waals surface area contributed by atoms with Crippen molar-refractivity contribution in [2.24, 2.45) is 12.8 Å². The number of aryl methyl sites for hydroxylation is 1. The molecule has 0 saturated heterocycles. The third-order valence-electron chi connectivity index (χ3n) is 2.60. The second-order valence-corrected chi connectivity index (χ2v) is 6.14. The van der Waals surface area contributed by atoms with Gasteiger partial charge in [-0.3, -0.25) is 9.40 Å². The second-order valence-electron chi connectivity index (χ2n) is 4.10. The van der Waals surface area contributed by atoms with E-state index in [1.807, 2.05) is 0 Å². The van der Waals surface area contributed by atoms with Crippen LogP contribution in [-0.4, -0.2) is 24.7 Å². The summed E-state index contributed by atoms with van der Waals surface area (Å²) < 4.78 is 28.2. The number of hydrogen-bond donors (Lipinski definition) is 2. The predicted octanol–water partition coefficient (Wildman–Crippen LogP) is 1.18. The van der Waals surface area contributed by atoms with Crippen LogP contribution in [0.3, 0.4) is 0 Å². The molecule has 0 aliphatic carbocycles.